The van der Waals surface area contributed by atoms with Gasteiger partial charge in [0.25, 0.3) is 11.6 Å². The number of rotatable bonds is 3. The summed E-state index contributed by atoms with van der Waals surface area (Å²) in [5.74, 6) is -0.478. The number of carbonyl (C=O) groups is 1. The van der Waals surface area contributed by atoms with Gasteiger partial charge in [-0.3, -0.25) is 19.6 Å². The molecule has 0 bridgehead atoms. The average molecular weight is 306 g/mol. The van der Waals surface area contributed by atoms with Crippen LogP contribution in [0.25, 0.3) is 0 Å². The average Bonchev–Trinajstić information content (AvgIpc) is 2.79. The van der Waals surface area contributed by atoms with Crippen LogP contribution in [0.3, 0.4) is 0 Å². The summed E-state index contributed by atoms with van der Waals surface area (Å²) in [6.07, 6.45) is 1.30. The number of benzene rings is 1. The number of anilines is 1. The summed E-state index contributed by atoms with van der Waals surface area (Å²) in [6, 6.07) is 5.79. The first-order valence-electron chi connectivity index (χ1n) is 5.62. The third-order valence-electron chi connectivity index (χ3n) is 2.71. The quantitative estimate of drug-likeness (QED) is 0.689. The molecule has 1 amide bonds. The van der Waals surface area contributed by atoms with Crippen molar-refractivity contribution in [2.75, 3.05) is 5.32 Å². The van der Waals surface area contributed by atoms with E-state index in [1.807, 2.05) is 6.07 Å². The van der Waals surface area contributed by atoms with Gasteiger partial charge in [0.1, 0.15) is 22.5 Å². The Labute approximate surface area is 123 Å². The van der Waals surface area contributed by atoms with Crippen molar-refractivity contribution < 1.29 is 9.72 Å². The first-order chi connectivity index (χ1) is 9.95. The van der Waals surface area contributed by atoms with Gasteiger partial charge < -0.3 is 5.32 Å². The SMILES string of the molecule is Cn1ncc(C#N)c1NC(=O)c1cccc([N+](=O)[O-])c1Cl. The number of hydrogen-bond donors (Lipinski definition) is 1. The van der Waals surface area contributed by atoms with Crippen molar-refractivity contribution in [2.45, 2.75) is 0 Å². The molecule has 0 fully saturated rings. The Bertz CT molecular complexity index is 778. The summed E-state index contributed by atoms with van der Waals surface area (Å²) >= 11 is 5.86. The molecule has 8 nitrogen and oxygen atoms in total. The highest BCUT2D eigenvalue weighted by Crippen LogP contribution is 2.28. The number of nitro groups is 1. The summed E-state index contributed by atoms with van der Waals surface area (Å²) < 4.78 is 1.31. The molecule has 0 aliphatic carbocycles. The lowest BCUT2D eigenvalue weighted by Crippen LogP contribution is -2.16. The van der Waals surface area contributed by atoms with E-state index in [2.05, 4.69) is 10.4 Å². The Morgan fingerprint density at radius 2 is 2.29 bits per heavy atom. The van der Waals surface area contributed by atoms with E-state index in [1.165, 1.54) is 29.1 Å². The standard InChI is InChI=1S/C12H8ClN5O3/c1-17-11(7(5-14)6-15-17)16-12(19)8-3-2-4-9(10(8)13)18(20)21/h2-4,6H,1H3,(H,16,19). The summed E-state index contributed by atoms with van der Waals surface area (Å²) in [5.41, 5.74) is -0.252. The topological polar surface area (TPSA) is 114 Å². The van der Waals surface area contributed by atoms with Crippen LogP contribution in [-0.2, 0) is 7.05 Å². The van der Waals surface area contributed by atoms with Gasteiger partial charge in [0, 0.05) is 13.1 Å². The van der Waals surface area contributed by atoms with Gasteiger partial charge in [-0.25, -0.2) is 0 Å². The van der Waals surface area contributed by atoms with Crippen molar-refractivity contribution in [3.63, 3.8) is 0 Å². The van der Waals surface area contributed by atoms with E-state index in [0.29, 0.717) is 0 Å². The smallest absolute Gasteiger partial charge is 0.288 e. The number of halogens is 1. The van der Waals surface area contributed by atoms with E-state index in [0.717, 1.165) is 0 Å². The number of nitrogens with zero attached hydrogens (tertiary/aromatic N) is 4. The molecule has 0 radical (unpaired) electrons. The predicted octanol–water partition coefficient (Wildman–Crippen LogP) is 2.11. The van der Waals surface area contributed by atoms with Gasteiger partial charge in [-0.15, -0.1) is 0 Å². The van der Waals surface area contributed by atoms with Crippen LogP contribution in [0.4, 0.5) is 11.5 Å². The number of aryl methyl sites for hydroxylation is 1. The van der Waals surface area contributed by atoms with Crippen LogP contribution >= 0.6 is 11.6 Å². The van der Waals surface area contributed by atoms with Crippen LogP contribution < -0.4 is 5.32 Å². The van der Waals surface area contributed by atoms with Gasteiger partial charge in [0.2, 0.25) is 0 Å². The highest BCUT2D eigenvalue weighted by atomic mass is 35.5. The molecule has 106 valence electrons. The molecule has 1 heterocycles. The summed E-state index contributed by atoms with van der Waals surface area (Å²) in [6.45, 7) is 0. The molecular formula is C12H8ClN5O3. The van der Waals surface area contributed by atoms with Crippen LogP contribution in [0.2, 0.25) is 5.02 Å². The minimum Gasteiger partial charge on any atom is -0.306 e. The first kappa shape index (κ1) is 14.5. The molecule has 2 aromatic rings. The zero-order valence-electron chi connectivity index (χ0n) is 10.7. The zero-order chi connectivity index (χ0) is 15.6. The zero-order valence-corrected chi connectivity index (χ0v) is 11.5. The third-order valence-corrected chi connectivity index (χ3v) is 3.11. The summed E-state index contributed by atoms with van der Waals surface area (Å²) in [4.78, 5) is 22.3. The highest BCUT2D eigenvalue weighted by molar-refractivity contribution is 6.36. The summed E-state index contributed by atoms with van der Waals surface area (Å²) in [7, 11) is 1.55. The molecule has 0 aliphatic heterocycles. The molecule has 2 rings (SSSR count). The molecule has 0 unspecified atom stereocenters. The van der Waals surface area contributed by atoms with Crippen LogP contribution in [0.1, 0.15) is 15.9 Å². The van der Waals surface area contributed by atoms with Gasteiger partial charge in [-0.1, -0.05) is 17.7 Å². The van der Waals surface area contributed by atoms with E-state index >= 15 is 0 Å². The second-order valence-electron chi connectivity index (χ2n) is 3.99. The fourth-order valence-corrected chi connectivity index (χ4v) is 1.96. The van der Waals surface area contributed by atoms with Crippen molar-refractivity contribution in [3.05, 3.63) is 50.7 Å². The van der Waals surface area contributed by atoms with E-state index in [1.54, 1.807) is 7.05 Å². The largest absolute Gasteiger partial charge is 0.306 e. The van der Waals surface area contributed by atoms with Gasteiger partial charge in [0.05, 0.1) is 16.7 Å². The maximum absolute atomic E-state index is 12.2. The predicted molar refractivity (Wildman–Crippen MR) is 74.0 cm³/mol. The maximum Gasteiger partial charge on any atom is 0.288 e. The van der Waals surface area contributed by atoms with Crippen molar-refractivity contribution in [2.24, 2.45) is 7.05 Å². The minimum absolute atomic E-state index is 0.0593. The van der Waals surface area contributed by atoms with Crippen molar-refractivity contribution >= 4 is 29.0 Å². The molecule has 0 atom stereocenters. The lowest BCUT2D eigenvalue weighted by molar-refractivity contribution is -0.384. The monoisotopic (exact) mass is 305 g/mol. The normalized spacial score (nSPS) is 9.95. The van der Waals surface area contributed by atoms with Crippen molar-refractivity contribution in [1.29, 1.82) is 5.26 Å². The van der Waals surface area contributed by atoms with E-state index in [-0.39, 0.29) is 27.7 Å². The summed E-state index contributed by atoms with van der Waals surface area (Å²) in [5, 5.41) is 25.8. The molecule has 0 spiro atoms. The number of nitrogens with one attached hydrogen (secondary N) is 1. The number of carbonyl (C=O) groups excluding carboxylic acids is 1. The van der Waals surface area contributed by atoms with E-state index < -0.39 is 10.8 Å². The van der Waals surface area contributed by atoms with Crippen molar-refractivity contribution in [1.82, 2.24) is 9.78 Å². The molecule has 0 saturated carbocycles. The van der Waals surface area contributed by atoms with Gasteiger partial charge >= 0.3 is 0 Å². The Morgan fingerprint density at radius 1 is 1.57 bits per heavy atom. The highest BCUT2D eigenvalue weighted by Gasteiger charge is 2.21. The van der Waals surface area contributed by atoms with Crippen LogP contribution in [0.15, 0.2) is 24.4 Å². The lowest BCUT2D eigenvalue weighted by Gasteiger charge is -2.07. The molecule has 1 aromatic heterocycles. The second-order valence-corrected chi connectivity index (χ2v) is 4.37. The Morgan fingerprint density at radius 3 is 2.90 bits per heavy atom. The molecule has 0 saturated heterocycles. The number of hydrogen-bond acceptors (Lipinski definition) is 5. The number of amides is 1. The maximum atomic E-state index is 12.2. The Hall–Kier alpha value is -2.92. The van der Waals surface area contributed by atoms with Gasteiger partial charge in [0.15, 0.2) is 0 Å². The fourth-order valence-electron chi connectivity index (χ4n) is 1.68. The molecule has 21 heavy (non-hydrogen) atoms. The molecule has 0 aliphatic rings. The number of nitro benzene ring substituents is 1. The van der Waals surface area contributed by atoms with E-state index in [4.69, 9.17) is 16.9 Å². The van der Waals surface area contributed by atoms with Gasteiger partial charge in [-0.05, 0) is 6.07 Å². The Balaban J connectivity index is 2.38. The second kappa shape index (κ2) is 5.60. The minimum atomic E-state index is -0.677. The van der Waals surface area contributed by atoms with Crippen LogP contribution in [0.5, 0.6) is 0 Å². The molecule has 1 N–H and O–H groups in total. The number of aromatic nitrogens is 2. The number of nitriles is 1. The van der Waals surface area contributed by atoms with Gasteiger partial charge in [-0.2, -0.15) is 10.4 Å². The van der Waals surface area contributed by atoms with E-state index in [9.17, 15) is 14.9 Å². The molecule has 1 aromatic carbocycles. The van der Waals surface area contributed by atoms with Crippen molar-refractivity contribution in [3.8, 4) is 6.07 Å². The Kier molecular flexibility index (Phi) is 3.86. The van der Waals surface area contributed by atoms with Crippen LogP contribution in [0, 0.1) is 21.4 Å². The first-order valence-corrected chi connectivity index (χ1v) is 6.00. The lowest BCUT2D eigenvalue weighted by atomic mass is 10.2. The van der Waals surface area contributed by atoms with Crippen LogP contribution in [-0.4, -0.2) is 20.6 Å². The molecular weight excluding hydrogens is 298 g/mol. The fraction of sp³-hybridized carbons (Fsp3) is 0.0833. The third kappa shape index (κ3) is 2.68. The molecule has 9 heteroatoms.